The Kier molecular flexibility index (Phi) is 8.26. The zero-order valence-electron chi connectivity index (χ0n) is 15.5. The van der Waals surface area contributed by atoms with Gasteiger partial charge in [-0.3, -0.25) is 4.90 Å². The normalized spacial score (nSPS) is 25.3. The van der Waals surface area contributed by atoms with Crippen molar-refractivity contribution < 1.29 is 0 Å². The van der Waals surface area contributed by atoms with E-state index in [9.17, 15) is 0 Å². The fraction of sp³-hybridized carbons (Fsp3) is 1.00. The lowest BCUT2D eigenvalue weighted by molar-refractivity contribution is 0.0159. The van der Waals surface area contributed by atoms with Gasteiger partial charge in [-0.05, 0) is 57.7 Å². The number of nitrogens with one attached hydrogen (secondary N) is 1. The van der Waals surface area contributed by atoms with Gasteiger partial charge in [-0.25, -0.2) is 0 Å². The number of rotatable bonds is 9. The summed E-state index contributed by atoms with van der Waals surface area (Å²) in [6.07, 6.45) is 9.62. The molecule has 0 heterocycles. The molecule has 126 valence electrons. The van der Waals surface area contributed by atoms with E-state index >= 15 is 0 Å². The Morgan fingerprint density at radius 3 is 2.10 bits per heavy atom. The van der Waals surface area contributed by atoms with Gasteiger partial charge >= 0.3 is 0 Å². The van der Waals surface area contributed by atoms with Crippen molar-refractivity contribution in [3.8, 4) is 0 Å². The zero-order valence-corrected chi connectivity index (χ0v) is 15.5. The standard InChI is InChI=1S/C19H40N2/c1-7-16-13-12-14-17(15-16)18(20-6)19(8-2,9-3)21(10-4)11-5/h16-18,20H,7-15H2,1-6H3. The Bertz CT molecular complexity index is 269. The van der Waals surface area contributed by atoms with Crippen molar-refractivity contribution in [2.45, 2.75) is 91.1 Å². The number of hydrogen-bond donors (Lipinski definition) is 1. The monoisotopic (exact) mass is 296 g/mol. The van der Waals surface area contributed by atoms with Gasteiger partial charge in [-0.2, -0.15) is 0 Å². The van der Waals surface area contributed by atoms with Gasteiger partial charge in [0.05, 0.1) is 0 Å². The maximum atomic E-state index is 3.77. The van der Waals surface area contributed by atoms with Crippen LogP contribution in [0.2, 0.25) is 0 Å². The van der Waals surface area contributed by atoms with Gasteiger partial charge < -0.3 is 5.32 Å². The quantitative estimate of drug-likeness (QED) is 0.664. The molecular formula is C19H40N2. The molecule has 1 rings (SSSR count). The first kappa shape index (κ1) is 19.0. The lowest BCUT2D eigenvalue weighted by atomic mass is 9.68. The van der Waals surface area contributed by atoms with E-state index < -0.39 is 0 Å². The van der Waals surface area contributed by atoms with Gasteiger partial charge in [0, 0.05) is 11.6 Å². The molecule has 0 aromatic rings. The summed E-state index contributed by atoms with van der Waals surface area (Å²) in [6.45, 7) is 14.1. The molecule has 2 nitrogen and oxygen atoms in total. The summed E-state index contributed by atoms with van der Waals surface area (Å²) in [5.74, 6) is 1.82. The predicted molar refractivity (Wildman–Crippen MR) is 94.8 cm³/mol. The van der Waals surface area contributed by atoms with Gasteiger partial charge in [-0.1, -0.05) is 53.9 Å². The van der Waals surface area contributed by atoms with Gasteiger partial charge in [0.15, 0.2) is 0 Å². The molecule has 1 aliphatic rings. The molecule has 0 radical (unpaired) electrons. The van der Waals surface area contributed by atoms with Crippen LogP contribution in [0.3, 0.4) is 0 Å². The van der Waals surface area contributed by atoms with Crippen molar-refractivity contribution >= 4 is 0 Å². The Labute approximate surface area is 134 Å². The van der Waals surface area contributed by atoms with E-state index in [1.165, 1.54) is 58.0 Å². The number of nitrogens with zero attached hydrogens (tertiary/aromatic N) is 1. The number of likely N-dealkylation sites (N-methyl/N-ethyl adjacent to an activating group) is 2. The molecule has 1 N–H and O–H groups in total. The molecule has 1 aliphatic carbocycles. The summed E-state index contributed by atoms with van der Waals surface area (Å²) in [5, 5.41) is 3.77. The molecule has 1 saturated carbocycles. The fourth-order valence-corrected chi connectivity index (χ4v) is 5.14. The molecule has 0 spiro atoms. The first-order chi connectivity index (χ1) is 10.1. The molecule has 1 fully saturated rings. The SMILES string of the molecule is CCC1CCCC(C(NC)C(CC)(CC)N(CC)CC)C1. The highest BCUT2D eigenvalue weighted by Crippen LogP contribution is 2.40. The lowest BCUT2D eigenvalue weighted by Crippen LogP contribution is -2.63. The molecule has 0 saturated heterocycles. The minimum Gasteiger partial charge on any atom is -0.315 e. The molecule has 0 aromatic heterocycles. The molecular weight excluding hydrogens is 256 g/mol. The summed E-state index contributed by atoms with van der Waals surface area (Å²) < 4.78 is 0. The maximum absolute atomic E-state index is 3.77. The van der Waals surface area contributed by atoms with Crippen LogP contribution in [-0.4, -0.2) is 36.6 Å². The second-order valence-corrected chi connectivity index (χ2v) is 6.95. The smallest absolute Gasteiger partial charge is 0.0359 e. The van der Waals surface area contributed by atoms with Crippen molar-refractivity contribution in [2.24, 2.45) is 11.8 Å². The third kappa shape index (κ3) is 4.01. The Morgan fingerprint density at radius 1 is 1.05 bits per heavy atom. The number of hydrogen-bond acceptors (Lipinski definition) is 2. The van der Waals surface area contributed by atoms with Crippen molar-refractivity contribution in [2.75, 3.05) is 20.1 Å². The van der Waals surface area contributed by atoms with Crippen LogP contribution in [0.4, 0.5) is 0 Å². The second kappa shape index (κ2) is 9.15. The van der Waals surface area contributed by atoms with E-state index in [0.29, 0.717) is 11.6 Å². The molecule has 2 heteroatoms. The largest absolute Gasteiger partial charge is 0.315 e. The van der Waals surface area contributed by atoms with E-state index in [1.54, 1.807) is 0 Å². The van der Waals surface area contributed by atoms with Crippen LogP contribution >= 0.6 is 0 Å². The van der Waals surface area contributed by atoms with Crippen LogP contribution in [0.5, 0.6) is 0 Å². The minimum absolute atomic E-state index is 0.332. The van der Waals surface area contributed by atoms with Gasteiger partial charge in [0.2, 0.25) is 0 Å². The molecule has 21 heavy (non-hydrogen) atoms. The van der Waals surface area contributed by atoms with Crippen LogP contribution in [-0.2, 0) is 0 Å². The fourth-order valence-electron chi connectivity index (χ4n) is 5.14. The van der Waals surface area contributed by atoms with Crippen molar-refractivity contribution in [1.82, 2.24) is 10.2 Å². The molecule has 0 aromatic carbocycles. The van der Waals surface area contributed by atoms with Crippen LogP contribution < -0.4 is 5.32 Å². The lowest BCUT2D eigenvalue weighted by Gasteiger charge is -2.52. The Balaban J connectivity index is 3.00. The predicted octanol–water partition coefficient (Wildman–Crippen LogP) is 4.69. The van der Waals surface area contributed by atoms with E-state index in [1.807, 2.05) is 0 Å². The Hall–Kier alpha value is -0.0800. The van der Waals surface area contributed by atoms with Gasteiger partial charge in [0.1, 0.15) is 0 Å². The summed E-state index contributed by atoms with van der Waals surface area (Å²) in [6, 6.07) is 0.641. The average Bonchev–Trinajstić information content (AvgIpc) is 2.55. The van der Waals surface area contributed by atoms with Crippen LogP contribution in [0.25, 0.3) is 0 Å². The summed E-state index contributed by atoms with van der Waals surface area (Å²) >= 11 is 0. The van der Waals surface area contributed by atoms with Crippen molar-refractivity contribution in [3.05, 3.63) is 0 Å². The minimum atomic E-state index is 0.332. The summed E-state index contributed by atoms with van der Waals surface area (Å²) in [7, 11) is 2.20. The first-order valence-corrected chi connectivity index (χ1v) is 9.55. The summed E-state index contributed by atoms with van der Waals surface area (Å²) in [4.78, 5) is 2.73. The topological polar surface area (TPSA) is 15.3 Å². The van der Waals surface area contributed by atoms with Crippen molar-refractivity contribution in [1.29, 1.82) is 0 Å². The van der Waals surface area contributed by atoms with Crippen LogP contribution in [0.15, 0.2) is 0 Å². The van der Waals surface area contributed by atoms with Gasteiger partial charge in [0.25, 0.3) is 0 Å². The molecule has 0 bridgehead atoms. The highest BCUT2D eigenvalue weighted by atomic mass is 15.2. The van der Waals surface area contributed by atoms with Crippen LogP contribution in [0, 0.1) is 11.8 Å². The summed E-state index contributed by atoms with van der Waals surface area (Å²) in [5.41, 5.74) is 0.332. The Morgan fingerprint density at radius 2 is 1.67 bits per heavy atom. The van der Waals surface area contributed by atoms with Crippen LogP contribution in [0.1, 0.15) is 79.6 Å². The zero-order chi connectivity index (χ0) is 15.9. The second-order valence-electron chi connectivity index (χ2n) is 6.95. The highest BCUT2D eigenvalue weighted by Gasteiger charge is 2.43. The third-order valence-corrected chi connectivity index (χ3v) is 6.38. The first-order valence-electron chi connectivity index (χ1n) is 9.55. The molecule has 0 aliphatic heterocycles. The third-order valence-electron chi connectivity index (χ3n) is 6.38. The average molecular weight is 297 g/mol. The van der Waals surface area contributed by atoms with E-state index in [2.05, 4.69) is 51.9 Å². The molecule has 0 amide bonds. The van der Waals surface area contributed by atoms with Gasteiger partial charge in [-0.15, -0.1) is 0 Å². The molecule has 3 atom stereocenters. The van der Waals surface area contributed by atoms with E-state index in [-0.39, 0.29) is 0 Å². The molecule has 3 unspecified atom stereocenters. The van der Waals surface area contributed by atoms with E-state index in [0.717, 1.165) is 11.8 Å². The highest BCUT2D eigenvalue weighted by molar-refractivity contribution is 5.02. The van der Waals surface area contributed by atoms with Crippen molar-refractivity contribution in [3.63, 3.8) is 0 Å². The van der Waals surface area contributed by atoms with E-state index in [4.69, 9.17) is 0 Å². The maximum Gasteiger partial charge on any atom is 0.0359 e.